The first-order valence-corrected chi connectivity index (χ1v) is 24.9. The van der Waals surface area contributed by atoms with Crippen LogP contribution >= 0.6 is 0 Å². The van der Waals surface area contributed by atoms with Gasteiger partial charge in [-0.1, -0.05) is 13.2 Å². The fraction of sp³-hybridized carbons (Fsp3) is 0.482. The monoisotopic (exact) mass is 996 g/mol. The van der Waals surface area contributed by atoms with Gasteiger partial charge in [-0.25, -0.2) is 14.4 Å². The van der Waals surface area contributed by atoms with Crippen molar-refractivity contribution in [1.29, 1.82) is 0 Å². The number of carbonyl (C=O) groups excluding carboxylic acids is 7. The third kappa shape index (κ3) is 18.0. The van der Waals surface area contributed by atoms with Crippen molar-refractivity contribution in [2.24, 2.45) is 23.7 Å². The molecule has 16 nitrogen and oxygen atoms in total. The summed E-state index contributed by atoms with van der Waals surface area (Å²) in [5.74, 6) is -3.06. The molecule has 5 rings (SSSR count). The van der Waals surface area contributed by atoms with Gasteiger partial charge in [-0.05, 0) is 182 Å². The molecular weight excluding hydrogens is 929 g/mol. The third-order valence-corrected chi connectivity index (χ3v) is 12.7. The van der Waals surface area contributed by atoms with Gasteiger partial charge in [0.15, 0.2) is 0 Å². The SMILES string of the molecule is C=CC(=O)OCCCCCCOc1ccc(OC(=O)C2CCC(C(=O)Oc3ccc(OC(=O)C4CCC(C(=O)Oc5ccc(OCCCCCCOC(=O)C=C)c(C)c5)CC4)c(C(=O)OC)c3)CC2)cc1C. The molecule has 2 saturated carbocycles. The number of carbonyl (C=O) groups is 7. The van der Waals surface area contributed by atoms with E-state index in [1.54, 1.807) is 36.4 Å². The number of aryl methyl sites for hydroxylation is 2. The molecule has 72 heavy (non-hydrogen) atoms. The van der Waals surface area contributed by atoms with E-state index in [2.05, 4.69) is 13.2 Å². The molecule has 0 heterocycles. The average Bonchev–Trinajstić information content (AvgIpc) is 3.38. The van der Waals surface area contributed by atoms with E-state index in [9.17, 15) is 33.6 Å². The highest BCUT2D eigenvalue weighted by atomic mass is 16.6. The van der Waals surface area contributed by atoms with Crippen LogP contribution < -0.4 is 28.4 Å². The fourth-order valence-electron chi connectivity index (χ4n) is 8.49. The second-order valence-corrected chi connectivity index (χ2v) is 18.1. The quantitative estimate of drug-likeness (QED) is 0.0229. The third-order valence-electron chi connectivity index (χ3n) is 12.7. The second kappa shape index (κ2) is 29.4. The molecule has 3 aromatic carbocycles. The van der Waals surface area contributed by atoms with Crippen LogP contribution in [0.4, 0.5) is 0 Å². The predicted octanol–water partition coefficient (Wildman–Crippen LogP) is 10.1. The van der Waals surface area contributed by atoms with Gasteiger partial charge in [0.1, 0.15) is 40.1 Å². The average molecular weight is 997 g/mol. The molecule has 0 saturated heterocycles. The smallest absolute Gasteiger partial charge is 0.341 e. The fourth-order valence-corrected chi connectivity index (χ4v) is 8.49. The molecule has 388 valence electrons. The van der Waals surface area contributed by atoms with Crippen LogP contribution in [0, 0.1) is 37.5 Å². The van der Waals surface area contributed by atoms with E-state index in [-0.39, 0.29) is 29.0 Å². The lowest BCUT2D eigenvalue weighted by molar-refractivity contribution is -0.145. The lowest BCUT2D eigenvalue weighted by Gasteiger charge is -2.26. The van der Waals surface area contributed by atoms with Gasteiger partial charge >= 0.3 is 41.8 Å². The van der Waals surface area contributed by atoms with Gasteiger partial charge in [0.25, 0.3) is 0 Å². The first-order valence-electron chi connectivity index (χ1n) is 24.9. The van der Waals surface area contributed by atoms with Crippen LogP contribution in [0.3, 0.4) is 0 Å². The van der Waals surface area contributed by atoms with Crippen molar-refractivity contribution in [2.75, 3.05) is 33.5 Å². The number of hydrogen-bond acceptors (Lipinski definition) is 16. The number of benzene rings is 3. The Morgan fingerprint density at radius 3 is 1.14 bits per heavy atom. The van der Waals surface area contributed by atoms with Crippen molar-refractivity contribution in [3.8, 4) is 34.5 Å². The second-order valence-electron chi connectivity index (χ2n) is 18.1. The molecule has 16 heteroatoms. The maximum absolute atomic E-state index is 13.4. The standard InChI is InChI=1S/C56H68O16/c1-6-50(57)67-32-14-10-8-12-30-65-47-27-24-43(34-37(47)3)69-52(59)39-16-18-41(19-17-39)54(61)71-45-26-29-49(46(36-45)56(63)64-5)72-55(62)42-22-20-40(21-23-42)53(60)70-44-25-28-48(38(4)35-44)66-31-13-9-11-15-33-68-51(58)7-2/h6-7,24-29,34-36,39-42H,1-2,8-23,30-33H2,3-5H3. The number of ether oxygens (including phenoxy) is 9. The Hall–Kier alpha value is -6.97. The lowest BCUT2D eigenvalue weighted by Crippen LogP contribution is -2.31. The van der Waals surface area contributed by atoms with Crippen molar-refractivity contribution < 1.29 is 76.2 Å². The molecule has 0 unspecified atom stereocenters. The van der Waals surface area contributed by atoms with Gasteiger partial charge in [0.2, 0.25) is 0 Å². The van der Waals surface area contributed by atoms with Gasteiger partial charge in [0.05, 0.1) is 57.2 Å². The van der Waals surface area contributed by atoms with Crippen LogP contribution in [0.1, 0.15) is 124 Å². The molecule has 0 bridgehead atoms. The van der Waals surface area contributed by atoms with Crippen LogP contribution in [-0.2, 0) is 43.0 Å². The minimum atomic E-state index is -0.792. The number of rotatable bonds is 27. The summed E-state index contributed by atoms with van der Waals surface area (Å²) < 4.78 is 49.6. The van der Waals surface area contributed by atoms with E-state index < -0.39 is 53.5 Å². The van der Waals surface area contributed by atoms with Gasteiger partial charge in [-0.15, -0.1) is 0 Å². The normalized spacial score (nSPS) is 17.3. The minimum Gasteiger partial charge on any atom is -0.493 e. The van der Waals surface area contributed by atoms with Gasteiger partial charge < -0.3 is 42.6 Å². The first kappa shape index (κ1) is 56.0. The summed E-state index contributed by atoms with van der Waals surface area (Å²) in [5.41, 5.74) is 1.55. The zero-order chi connectivity index (χ0) is 51.8. The Morgan fingerprint density at radius 1 is 0.458 bits per heavy atom. The molecular formula is C56H68O16. The minimum absolute atomic E-state index is 0.0509. The number of esters is 7. The molecule has 0 N–H and O–H groups in total. The van der Waals surface area contributed by atoms with Crippen molar-refractivity contribution >= 4 is 41.8 Å². The van der Waals surface area contributed by atoms with Crippen LogP contribution in [0.25, 0.3) is 0 Å². The Balaban J connectivity index is 1.00. The van der Waals surface area contributed by atoms with Gasteiger partial charge in [0, 0.05) is 12.2 Å². The highest BCUT2D eigenvalue weighted by Gasteiger charge is 2.35. The van der Waals surface area contributed by atoms with Crippen LogP contribution in [0.5, 0.6) is 34.5 Å². The Morgan fingerprint density at radius 2 is 0.792 bits per heavy atom. The van der Waals surface area contributed by atoms with Gasteiger partial charge in [-0.3, -0.25) is 19.2 Å². The van der Waals surface area contributed by atoms with Crippen molar-refractivity contribution in [3.05, 3.63) is 96.6 Å². The summed E-state index contributed by atoms with van der Waals surface area (Å²) in [6, 6.07) is 14.6. The zero-order valence-electron chi connectivity index (χ0n) is 41.7. The first-order chi connectivity index (χ1) is 34.8. The highest BCUT2D eigenvalue weighted by Crippen LogP contribution is 2.36. The summed E-state index contributed by atoms with van der Waals surface area (Å²) in [5, 5.41) is 0. The molecule has 0 amide bonds. The van der Waals surface area contributed by atoms with E-state index >= 15 is 0 Å². The van der Waals surface area contributed by atoms with Crippen molar-refractivity contribution in [1.82, 2.24) is 0 Å². The summed E-state index contributed by atoms with van der Waals surface area (Å²) >= 11 is 0. The van der Waals surface area contributed by atoms with Crippen LogP contribution in [0.2, 0.25) is 0 Å². The largest absolute Gasteiger partial charge is 0.493 e. The van der Waals surface area contributed by atoms with Crippen molar-refractivity contribution in [3.63, 3.8) is 0 Å². The number of methoxy groups -OCH3 is 1. The van der Waals surface area contributed by atoms with Crippen LogP contribution in [-0.4, -0.2) is 75.3 Å². The number of hydrogen-bond donors (Lipinski definition) is 0. The molecule has 2 aliphatic rings. The Labute approximate surface area is 421 Å². The Kier molecular flexibility index (Phi) is 22.8. The molecule has 0 spiro atoms. The summed E-state index contributed by atoms with van der Waals surface area (Å²) in [6.07, 6.45) is 12.4. The molecule has 0 aromatic heterocycles. The molecule has 0 aliphatic heterocycles. The zero-order valence-corrected chi connectivity index (χ0v) is 41.7. The van der Waals surface area contributed by atoms with Crippen molar-refractivity contribution in [2.45, 2.75) is 117 Å². The van der Waals surface area contributed by atoms with E-state index in [4.69, 9.17) is 42.6 Å². The lowest BCUT2D eigenvalue weighted by atomic mass is 9.82. The molecule has 2 fully saturated rings. The maximum atomic E-state index is 13.4. The van der Waals surface area contributed by atoms with E-state index in [1.165, 1.54) is 25.3 Å². The summed E-state index contributed by atoms with van der Waals surface area (Å²) in [7, 11) is 1.19. The molecule has 3 aromatic rings. The number of unbranched alkanes of at least 4 members (excludes halogenated alkanes) is 6. The summed E-state index contributed by atoms with van der Waals surface area (Å²) in [6.45, 7) is 12.3. The highest BCUT2D eigenvalue weighted by molar-refractivity contribution is 5.94. The topological polar surface area (TPSA) is 203 Å². The van der Waals surface area contributed by atoms with Gasteiger partial charge in [-0.2, -0.15) is 0 Å². The maximum Gasteiger partial charge on any atom is 0.341 e. The Bertz CT molecular complexity index is 2350. The molecule has 0 radical (unpaired) electrons. The van der Waals surface area contributed by atoms with Crippen LogP contribution in [0.15, 0.2) is 79.9 Å². The van der Waals surface area contributed by atoms with E-state index in [0.29, 0.717) is 101 Å². The molecule has 0 atom stereocenters. The predicted molar refractivity (Wildman–Crippen MR) is 264 cm³/mol. The van der Waals surface area contributed by atoms with E-state index in [0.717, 1.165) is 74.6 Å². The van der Waals surface area contributed by atoms with E-state index in [1.807, 2.05) is 13.8 Å². The molecule has 2 aliphatic carbocycles. The summed E-state index contributed by atoms with van der Waals surface area (Å²) in [4.78, 5) is 88.0.